The zero-order valence-corrected chi connectivity index (χ0v) is 28.3. The van der Waals surface area contributed by atoms with Crippen molar-refractivity contribution < 1.29 is 14.9 Å². The van der Waals surface area contributed by atoms with Crippen LogP contribution in [0.2, 0.25) is 5.02 Å². The minimum atomic E-state index is 0.204. The number of phenolic OH excluding ortho intramolecular Hbond substituents is 2. The van der Waals surface area contributed by atoms with Gasteiger partial charge in [0.1, 0.15) is 22.5 Å². The van der Waals surface area contributed by atoms with Crippen molar-refractivity contribution in [3.8, 4) is 17.2 Å². The van der Waals surface area contributed by atoms with E-state index in [0.717, 1.165) is 80.1 Å². The number of nitrogens with zero attached hydrogens (tertiary/aromatic N) is 5. The van der Waals surface area contributed by atoms with Crippen LogP contribution in [-0.2, 0) is 13.1 Å². The van der Waals surface area contributed by atoms with Crippen molar-refractivity contribution in [1.29, 1.82) is 0 Å². The molecule has 0 spiro atoms. The Morgan fingerprint density at radius 3 is 2.09 bits per heavy atom. The Bertz CT molecular complexity index is 1810. The molecule has 0 aliphatic carbocycles. The van der Waals surface area contributed by atoms with Crippen LogP contribution < -0.4 is 9.64 Å². The second-order valence-electron chi connectivity index (χ2n) is 11.8. The highest BCUT2D eigenvalue weighted by Crippen LogP contribution is 2.36. The molecule has 2 aliphatic rings. The summed E-state index contributed by atoms with van der Waals surface area (Å²) in [5, 5.41) is 23.1. The monoisotopic (exact) mass is 703 g/mol. The van der Waals surface area contributed by atoms with E-state index in [1.165, 1.54) is 24.8 Å². The quantitative estimate of drug-likeness (QED) is 0.187. The molecule has 10 heteroatoms. The minimum Gasteiger partial charge on any atom is -0.505 e. The molecule has 0 amide bonds. The lowest BCUT2D eigenvalue weighted by Gasteiger charge is -2.36. The van der Waals surface area contributed by atoms with E-state index in [2.05, 4.69) is 52.7 Å². The molecule has 0 saturated carbocycles. The van der Waals surface area contributed by atoms with Gasteiger partial charge in [-0.2, -0.15) is 0 Å². The number of halogens is 2. The van der Waals surface area contributed by atoms with Crippen molar-refractivity contribution in [1.82, 2.24) is 19.8 Å². The highest BCUT2D eigenvalue weighted by Gasteiger charge is 2.21. The van der Waals surface area contributed by atoms with E-state index in [1.807, 2.05) is 48.5 Å². The molecule has 5 aromatic rings. The maximum absolute atomic E-state index is 10.4. The SMILES string of the molecule is COc1ccccc1N1CCN(Cc2cc(Br)c(O)c3ncccc23)CC1.Oc1c(CN2CCCCC2)cc(Cl)c2cccnc12. The Morgan fingerprint density at radius 1 is 0.739 bits per heavy atom. The van der Waals surface area contributed by atoms with E-state index in [0.29, 0.717) is 20.5 Å². The first-order valence-electron chi connectivity index (χ1n) is 15.8. The molecule has 2 aromatic heterocycles. The molecular weight excluding hydrogens is 666 g/mol. The Balaban J connectivity index is 0.000000172. The van der Waals surface area contributed by atoms with E-state index in [9.17, 15) is 10.2 Å². The molecule has 0 bridgehead atoms. The number of piperidine rings is 1. The average Bonchev–Trinajstić information content (AvgIpc) is 3.10. The third-order valence-corrected chi connectivity index (χ3v) is 9.75. The molecule has 3 aromatic carbocycles. The number of methoxy groups -OCH3 is 1. The van der Waals surface area contributed by atoms with Crippen LogP contribution in [0.15, 0.2) is 77.5 Å². The number of likely N-dealkylation sites (tertiary alicyclic amines) is 1. The third-order valence-electron chi connectivity index (χ3n) is 8.83. The molecule has 7 rings (SSSR count). The lowest BCUT2D eigenvalue weighted by Crippen LogP contribution is -2.46. The van der Waals surface area contributed by atoms with Gasteiger partial charge >= 0.3 is 0 Å². The topological polar surface area (TPSA) is 85.2 Å². The van der Waals surface area contributed by atoms with Crippen molar-refractivity contribution in [3.63, 3.8) is 0 Å². The zero-order chi connectivity index (χ0) is 32.0. The van der Waals surface area contributed by atoms with Gasteiger partial charge in [0.05, 0.1) is 22.3 Å². The molecule has 240 valence electrons. The van der Waals surface area contributed by atoms with E-state index >= 15 is 0 Å². The first-order valence-corrected chi connectivity index (χ1v) is 16.9. The van der Waals surface area contributed by atoms with E-state index < -0.39 is 0 Å². The van der Waals surface area contributed by atoms with Gasteiger partial charge in [-0.25, -0.2) is 0 Å². The number of hydrogen-bond donors (Lipinski definition) is 2. The Labute approximate surface area is 283 Å². The van der Waals surface area contributed by atoms with Gasteiger partial charge in [0.15, 0.2) is 5.75 Å². The molecule has 2 aliphatic heterocycles. The molecule has 0 atom stereocenters. The number of phenols is 2. The zero-order valence-electron chi connectivity index (χ0n) is 26.0. The minimum absolute atomic E-state index is 0.204. The standard InChI is InChI=1S/C21H22BrN3O2.C15H17ClN2O/c1-27-19-7-3-2-6-18(19)25-11-9-24(10-12-25)14-15-13-17(22)21(26)20-16(15)5-4-8-23-20;16-13-9-11(10-18-7-2-1-3-8-18)15(19)14-12(13)5-4-6-17-14/h2-8,13,26H,9-12,14H2,1H3;4-6,9,19H,1-3,7-8,10H2. The van der Waals surface area contributed by atoms with Crippen LogP contribution in [0.3, 0.4) is 0 Å². The molecule has 0 radical (unpaired) electrons. The summed E-state index contributed by atoms with van der Waals surface area (Å²) in [5.74, 6) is 1.39. The summed E-state index contributed by atoms with van der Waals surface area (Å²) in [5.41, 5.74) is 4.45. The number of fused-ring (bicyclic) bond motifs is 2. The van der Waals surface area contributed by atoms with Crippen molar-refractivity contribution in [3.05, 3.63) is 93.7 Å². The van der Waals surface area contributed by atoms with Crippen molar-refractivity contribution in [2.75, 3.05) is 51.3 Å². The maximum atomic E-state index is 10.4. The smallest absolute Gasteiger partial charge is 0.156 e. The van der Waals surface area contributed by atoms with Gasteiger partial charge in [0, 0.05) is 68.0 Å². The number of piperazine rings is 1. The molecule has 2 fully saturated rings. The molecular formula is C36H39BrClN5O3. The summed E-state index contributed by atoms with van der Waals surface area (Å²) in [6, 6.07) is 19.7. The summed E-state index contributed by atoms with van der Waals surface area (Å²) in [4.78, 5) is 15.8. The van der Waals surface area contributed by atoms with Crippen molar-refractivity contribution >= 4 is 55.0 Å². The summed E-state index contributed by atoms with van der Waals surface area (Å²) in [6.45, 7) is 7.62. The fraction of sp³-hybridized carbons (Fsp3) is 0.333. The number of ether oxygens (including phenoxy) is 1. The Morgan fingerprint density at radius 2 is 1.37 bits per heavy atom. The molecule has 4 heterocycles. The van der Waals surface area contributed by atoms with Crippen LogP contribution in [0.4, 0.5) is 5.69 Å². The number of anilines is 1. The number of pyridine rings is 2. The van der Waals surface area contributed by atoms with Gasteiger partial charge in [-0.1, -0.05) is 36.2 Å². The van der Waals surface area contributed by atoms with Crippen molar-refractivity contribution in [2.45, 2.75) is 32.4 Å². The number of benzene rings is 3. The Kier molecular flexibility index (Phi) is 10.4. The Hall–Kier alpha value is -3.63. The normalized spacial score (nSPS) is 15.9. The van der Waals surface area contributed by atoms with E-state index in [4.69, 9.17) is 16.3 Å². The molecule has 2 saturated heterocycles. The average molecular weight is 705 g/mol. The highest BCUT2D eigenvalue weighted by atomic mass is 79.9. The number of hydrogen-bond acceptors (Lipinski definition) is 8. The molecule has 8 nitrogen and oxygen atoms in total. The molecule has 0 unspecified atom stereocenters. The summed E-state index contributed by atoms with van der Waals surface area (Å²) in [7, 11) is 1.72. The van der Waals surface area contributed by atoms with Crippen LogP contribution in [0.1, 0.15) is 30.4 Å². The van der Waals surface area contributed by atoms with Gasteiger partial charge < -0.3 is 19.8 Å². The molecule has 46 heavy (non-hydrogen) atoms. The van der Waals surface area contributed by atoms with Crippen LogP contribution in [-0.4, -0.2) is 76.4 Å². The third kappa shape index (κ3) is 7.18. The lowest BCUT2D eigenvalue weighted by molar-refractivity contribution is 0.218. The largest absolute Gasteiger partial charge is 0.505 e. The summed E-state index contributed by atoms with van der Waals surface area (Å²) < 4.78 is 6.19. The van der Waals surface area contributed by atoms with E-state index in [-0.39, 0.29) is 11.5 Å². The van der Waals surface area contributed by atoms with Gasteiger partial charge in [-0.05, 0) is 89.9 Å². The van der Waals surface area contributed by atoms with Crippen LogP contribution in [0.5, 0.6) is 17.2 Å². The summed E-state index contributed by atoms with van der Waals surface area (Å²) >= 11 is 9.74. The summed E-state index contributed by atoms with van der Waals surface area (Å²) in [6.07, 6.45) is 7.18. The predicted octanol–water partition coefficient (Wildman–Crippen LogP) is 7.61. The van der Waals surface area contributed by atoms with Crippen LogP contribution in [0.25, 0.3) is 21.8 Å². The van der Waals surface area contributed by atoms with Gasteiger partial charge in [-0.3, -0.25) is 19.8 Å². The van der Waals surface area contributed by atoms with Gasteiger partial charge in [0.2, 0.25) is 0 Å². The van der Waals surface area contributed by atoms with Gasteiger partial charge in [-0.15, -0.1) is 0 Å². The highest BCUT2D eigenvalue weighted by molar-refractivity contribution is 9.10. The van der Waals surface area contributed by atoms with Crippen molar-refractivity contribution in [2.24, 2.45) is 0 Å². The number of aromatic nitrogens is 2. The molecule has 2 N–H and O–H groups in total. The number of rotatable bonds is 6. The fourth-order valence-electron chi connectivity index (χ4n) is 6.39. The first-order chi connectivity index (χ1) is 22.4. The van der Waals surface area contributed by atoms with Crippen LogP contribution in [0, 0.1) is 0 Å². The van der Waals surface area contributed by atoms with Crippen LogP contribution >= 0.6 is 27.5 Å². The lowest BCUT2D eigenvalue weighted by atomic mass is 10.1. The fourth-order valence-corrected chi connectivity index (χ4v) is 7.14. The second kappa shape index (κ2) is 14.9. The second-order valence-corrected chi connectivity index (χ2v) is 13.1. The van der Waals surface area contributed by atoms with E-state index in [1.54, 1.807) is 19.5 Å². The van der Waals surface area contributed by atoms with Gasteiger partial charge in [0.25, 0.3) is 0 Å². The maximum Gasteiger partial charge on any atom is 0.156 e. The number of aromatic hydroxyl groups is 2. The number of para-hydroxylation sites is 2. The first kappa shape index (κ1) is 32.3. The predicted molar refractivity (Wildman–Crippen MR) is 189 cm³/mol.